The number of nitrogens with two attached hydrogens (primary N) is 1. The van der Waals surface area contributed by atoms with Gasteiger partial charge in [-0.1, -0.05) is 5.21 Å². The molecule has 0 aliphatic carbocycles. The van der Waals surface area contributed by atoms with E-state index in [9.17, 15) is 0 Å². The van der Waals surface area contributed by atoms with Crippen molar-refractivity contribution >= 4 is 15.9 Å². The van der Waals surface area contributed by atoms with Crippen molar-refractivity contribution in [1.29, 1.82) is 0 Å². The zero-order valence-corrected chi connectivity index (χ0v) is 11.1. The molecule has 3 N–H and O–H groups in total. The zero-order chi connectivity index (χ0) is 12.4. The molecule has 2 aromatic heterocycles. The Morgan fingerprint density at radius 2 is 2.29 bits per heavy atom. The van der Waals surface area contributed by atoms with E-state index in [4.69, 9.17) is 5.84 Å². The predicted molar refractivity (Wildman–Crippen MR) is 66.8 cm³/mol. The van der Waals surface area contributed by atoms with Crippen molar-refractivity contribution in [2.45, 2.75) is 13.0 Å². The zero-order valence-electron chi connectivity index (χ0n) is 9.55. The van der Waals surface area contributed by atoms with Crippen molar-refractivity contribution < 1.29 is 0 Å². The summed E-state index contributed by atoms with van der Waals surface area (Å²) in [6.45, 7) is 2.01. The van der Waals surface area contributed by atoms with E-state index in [2.05, 4.69) is 36.7 Å². The summed E-state index contributed by atoms with van der Waals surface area (Å²) in [7, 11) is 1.82. The maximum atomic E-state index is 5.64. The molecule has 1 atom stereocenters. The van der Waals surface area contributed by atoms with Crippen molar-refractivity contribution in [3.8, 4) is 0 Å². The van der Waals surface area contributed by atoms with E-state index in [1.165, 1.54) is 0 Å². The quantitative estimate of drug-likeness (QED) is 0.648. The third-order valence-corrected chi connectivity index (χ3v) is 3.22. The summed E-state index contributed by atoms with van der Waals surface area (Å²) in [5.74, 6) is 5.64. The number of hydrogen-bond donors (Lipinski definition) is 2. The summed E-state index contributed by atoms with van der Waals surface area (Å²) in [6.07, 6.45) is 3.54. The van der Waals surface area contributed by atoms with Crippen molar-refractivity contribution in [1.82, 2.24) is 25.4 Å². The molecule has 17 heavy (non-hydrogen) atoms. The second-order valence-corrected chi connectivity index (χ2v) is 4.47. The topological polar surface area (TPSA) is 81.7 Å². The molecule has 0 spiro atoms. The van der Waals surface area contributed by atoms with E-state index >= 15 is 0 Å². The van der Waals surface area contributed by atoms with E-state index in [0.29, 0.717) is 4.60 Å². The second-order valence-electron chi connectivity index (χ2n) is 3.72. The van der Waals surface area contributed by atoms with Crippen LogP contribution >= 0.6 is 15.9 Å². The third-order valence-electron chi connectivity index (χ3n) is 2.66. The number of aryl methyl sites for hydroxylation is 2. The second kappa shape index (κ2) is 4.91. The van der Waals surface area contributed by atoms with Crippen molar-refractivity contribution in [3.05, 3.63) is 39.9 Å². The minimum Gasteiger partial charge on any atom is -0.271 e. The Hall–Kier alpha value is -1.31. The maximum Gasteiger partial charge on any atom is 0.153 e. The Bertz CT molecular complexity index is 504. The fraction of sp³-hybridized carbons (Fsp3) is 0.300. The van der Waals surface area contributed by atoms with Gasteiger partial charge in [0.05, 0.1) is 11.7 Å². The number of nitrogens with one attached hydrogen (secondary N) is 1. The summed E-state index contributed by atoms with van der Waals surface area (Å²) >= 11 is 3.37. The van der Waals surface area contributed by atoms with Crippen LogP contribution in [-0.4, -0.2) is 20.0 Å². The van der Waals surface area contributed by atoms with Crippen LogP contribution in [0.15, 0.2) is 23.1 Å². The lowest BCUT2D eigenvalue weighted by atomic mass is 10.0. The molecule has 0 radical (unpaired) electrons. The van der Waals surface area contributed by atoms with Crippen LogP contribution in [0, 0.1) is 6.92 Å². The molecule has 90 valence electrons. The number of rotatable bonds is 3. The molecule has 0 fully saturated rings. The van der Waals surface area contributed by atoms with Gasteiger partial charge < -0.3 is 0 Å². The molecule has 0 aliphatic heterocycles. The molecule has 7 heteroatoms. The van der Waals surface area contributed by atoms with Gasteiger partial charge in [0.1, 0.15) is 0 Å². The van der Waals surface area contributed by atoms with Gasteiger partial charge in [-0.05, 0) is 40.0 Å². The van der Waals surface area contributed by atoms with Crippen molar-refractivity contribution in [2.24, 2.45) is 12.9 Å². The van der Waals surface area contributed by atoms with Crippen LogP contribution in [0.2, 0.25) is 0 Å². The molecule has 0 saturated carbocycles. The van der Waals surface area contributed by atoms with Gasteiger partial charge in [0.2, 0.25) is 0 Å². The van der Waals surface area contributed by atoms with Gasteiger partial charge in [-0.3, -0.25) is 10.8 Å². The van der Waals surface area contributed by atoms with E-state index < -0.39 is 0 Å². The standard InChI is InChI=1S/C10H13BrN6/c1-6-3-4-13-5-7(6)8(14-12)9-10(11)15-16-17(9)2/h3-5,8,14H,12H2,1-2H3. The largest absolute Gasteiger partial charge is 0.271 e. The molecular weight excluding hydrogens is 284 g/mol. The smallest absolute Gasteiger partial charge is 0.153 e. The number of pyridine rings is 1. The predicted octanol–water partition coefficient (Wildman–Crippen LogP) is 0.834. The van der Waals surface area contributed by atoms with E-state index in [0.717, 1.165) is 16.8 Å². The number of hydrazine groups is 1. The van der Waals surface area contributed by atoms with Gasteiger partial charge in [-0.2, -0.15) is 0 Å². The van der Waals surface area contributed by atoms with Gasteiger partial charge in [-0.25, -0.2) is 10.1 Å². The number of halogens is 1. The lowest BCUT2D eigenvalue weighted by Gasteiger charge is -2.18. The highest BCUT2D eigenvalue weighted by Crippen LogP contribution is 2.27. The molecule has 0 aromatic carbocycles. The van der Waals surface area contributed by atoms with E-state index in [1.54, 1.807) is 17.1 Å². The van der Waals surface area contributed by atoms with Gasteiger partial charge in [0.15, 0.2) is 4.60 Å². The molecule has 0 aliphatic rings. The SMILES string of the molecule is Cc1ccncc1C(NN)c1c(Br)nnn1C. The Morgan fingerprint density at radius 3 is 2.82 bits per heavy atom. The molecule has 0 amide bonds. The van der Waals surface area contributed by atoms with Crippen LogP contribution in [0.4, 0.5) is 0 Å². The number of aromatic nitrogens is 4. The first kappa shape index (κ1) is 12.2. The van der Waals surface area contributed by atoms with Gasteiger partial charge in [-0.15, -0.1) is 5.10 Å². The highest BCUT2D eigenvalue weighted by atomic mass is 79.9. The highest BCUT2D eigenvalue weighted by molar-refractivity contribution is 9.10. The first-order valence-corrected chi connectivity index (χ1v) is 5.86. The number of hydrogen-bond acceptors (Lipinski definition) is 5. The average molecular weight is 297 g/mol. The van der Waals surface area contributed by atoms with E-state index in [1.807, 2.05) is 20.0 Å². The van der Waals surface area contributed by atoms with Gasteiger partial charge in [0, 0.05) is 19.4 Å². The molecule has 6 nitrogen and oxygen atoms in total. The Balaban J connectivity index is 2.52. The highest BCUT2D eigenvalue weighted by Gasteiger charge is 2.22. The van der Waals surface area contributed by atoms with Crippen LogP contribution in [0.5, 0.6) is 0 Å². The van der Waals surface area contributed by atoms with Crippen LogP contribution in [0.3, 0.4) is 0 Å². The van der Waals surface area contributed by atoms with Crippen LogP contribution in [0.25, 0.3) is 0 Å². The molecule has 0 saturated heterocycles. The van der Waals surface area contributed by atoms with Crippen molar-refractivity contribution in [2.75, 3.05) is 0 Å². The van der Waals surface area contributed by atoms with Crippen LogP contribution < -0.4 is 11.3 Å². The normalized spacial score (nSPS) is 12.7. The molecule has 0 bridgehead atoms. The minimum absolute atomic E-state index is 0.196. The summed E-state index contributed by atoms with van der Waals surface area (Å²) < 4.78 is 2.35. The fourth-order valence-electron chi connectivity index (χ4n) is 1.74. The average Bonchev–Trinajstić information content (AvgIpc) is 2.64. The molecular formula is C10H13BrN6. The monoisotopic (exact) mass is 296 g/mol. The minimum atomic E-state index is -0.196. The van der Waals surface area contributed by atoms with Gasteiger partial charge >= 0.3 is 0 Å². The van der Waals surface area contributed by atoms with Crippen LogP contribution in [0.1, 0.15) is 22.9 Å². The lowest BCUT2D eigenvalue weighted by Crippen LogP contribution is -2.31. The lowest BCUT2D eigenvalue weighted by molar-refractivity contribution is 0.566. The Labute approximate surface area is 107 Å². The third kappa shape index (κ3) is 2.21. The van der Waals surface area contributed by atoms with E-state index in [-0.39, 0.29) is 6.04 Å². The summed E-state index contributed by atoms with van der Waals surface area (Å²) in [4.78, 5) is 4.12. The van der Waals surface area contributed by atoms with Crippen LogP contribution in [-0.2, 0) is 7.05 Å². The van der Waals surface area contributed by atoms with Crippen molar-refractivity contribution in [3.63, 3.8) is 0 Å². The maximum absolute atomic E-state index is 5.64. The van der Waals surface area contributed by atoms with Gasteiger partial charge in [0.25, 0.3) is 0 Å². The molecule has 1 unspecified atom stereocenters. The first-order chi connectivity index (χ1) is 8.15. The summed E-state index contributed by atoms with van der Waals surface area (Å²) in [5, 5.41) is 7.90. The molecule has 2 aromatic rings. The molecule has 2 heterocycles. The first-order valence-electron chi connectivity index (χ1n) is 5.07. The number of nitrogens with zero attached hydrogens (tertiary/aromatic N) is 4. The summed E-state index contributed by atoms with van der Waals surface area (Å²) in [6, 6.07) is 1.75. The molecule has 2 rings (SSSR count). The Kier molecular flexibility index (Phi) is 3.51. The fourth-order valence-corrected chi connectivity index (χ4v) is 2.30. The summed E-state index contributed by atoms with van der Waals surface area (Å²) in [5.41, 5.74) is 5.75. The Morgan fingerprint density at radius 1 is 1.53 bits per heavy atom.